The summed E-state index contributed by atoms with van der Waals surface area (Å²) in [5, 5.41) is 16.6. The van der Waals surface area contributed by atoms with E-state index in [4.69, 9.17) is 17.3 Å². The van der Waals surface area contributed by atoms with E-state index in [0.29, 0.717) is 16.1 Å². The number of hydrogen-bond donors (Lipinski definition) is 4. The molecule has 0 aliphatic rings. The van der Waals surface area contributed by atoms with Crippen molar-refractivity contribution in [1.82, 2.24) is 10.6 Å². The Morgan fingerprint density at radius 2 is 1.42 bits per heavy atom. The van der Waals surface area contributed by atoms with Crippen LogP contribution in [-0.2, 0) is 16.0 Å². The molecule has 7 nitrogen and oxygen atoms in total. The van der Waals surface area contributed by atoms with E-state index in [1.807, 2.05) is 0 Å². The van der Waals surface area contributed by atoms with Gasteiger partial charge in [-0.25, -0.2) is 0 Å². The van der Waals surface area contributed by atoms with Gasteiger partial charge in [0, 0.05) is 17.0 Å². The zero-order chi connectivity index (χ0) is 23.8. The molecule has 0 unspecified atom stereocenters. The molecule has 0 aliphatic heterocycles. The number of aliphatic hydroxyl groups excluding tert-OH is 1. The molecule has 0 heterocycles. The maximum Gasteiger partial charge on any atom is 0.252 e. The second-order valence-corrected chi connectivity index (χ2v) is 7.90. The minimum atomic E-state index is -1.67. The van der Waals surface area contributed by atoms with Crippen molar-refractivity contribution < 1.29 is 19.5 Å². The van der Waals surface area contributed by atoms with Crippen LogP contribution in [0.3, 0.4) is 0 Å². The number of primary amides is 1. The molecule has 3 aromatic carbocycles. The molecule has 0 aliphatic carbocycles. The number of rotatable bonds is 9. The van der Waals surface area contributed by atoms with E-state index in [-0.39, 0.29) is 6.42 Å². The molecule has 0 fully saturated rings. The summed E-state index contributed by atoms with van der Waals surface area (Å²) >= 11 is 5.89. The number of nitrogens with one attached hydrogen (secondary N) is 2. The molecule has 0 spiro atoms. The number of hydrogen-bond acceptors (Lipinski definition) is 4. The van der Waals surface area contributed by atoms with Crippen LogP contribution in [-0.4, -0.2) is 35.0 Å². The Hall–Kier alpha value is -3.68. The summed E-state index contributed by atoms with van der Waals surface area (Å²) in [6, 6.07) is 21.7. The smallest absolute Gasteiger partial charge is 0.252 e. The highest BCUT2D eigenvalue weighted by Gasteiger charge is 2.31. The lowest BCUT2D eigenvalue weighted by atomic mass is 9.99. The number of amides is 3. The second-order valence-electron chi connectivity index (χ2n) is 7.47. The Kier molecular flexibility index (Phi) is 8.18. The first-order valence-electron chi connectivity index (χ1n) is 10.3. The molecule has 3 atom stereocenters. The van der Waals surface area contributed by atoms with E-state index in [9.17, 15) is 19.5 Å². The molecule has 3 rings (SSSR count). The summed E-state index contributed by atoms with van der Waals surface area (Å²) in [6.07, 6.45) is -1.55. The van der Waals surface area contributed by atoms with E-state index in [1.54, 1.807) is 84.9 Å². The van der Waals surface area contributed by atoms with Gasteiger partial charge in [-0.15, -0.1) is 0 Å². The van der Waals surface area contributed by atoms with E-state index in [1.165, 1.54) is 0 Å². The largest absolute Gasteiger partial charge is 0.381 e. The van der Waals surface area contributed by atoms with Gasteiger partial charge in [-0.2, -0.15) is 0 Å². The molecule has 0 bridgehead atoms. The van der Waals surface area contributed by atoms with Crippen molar-refractivity contribution >= 4 is 29.3 Å². The van der Waals surface area contributed by atoms with Crippen LogP contribution in [0.15, 0.2) is 84.9 Å². The van der Waals surface area contributed by atoms with E-state index >= 15 is 0 Å². The lowest BCUT2D eigenvalue weighted by Gasteiger charge is -2.26. The van der Waals surface area contributed by atoms with Crippen molar-refractivity contribution in [2.45, 2.75) is 24.6 Å². The minimum absolute atomic E-state index is 0.122. The average Bonchev–Trinajstić information content (AvgIpc) is 2.83. The van der Waals surface area contributed by atoms with Gasteiger partial charge in [0.1, 0.15) is 6.04 Å². The van der Waals surface area contributed by atoms with Crippen LogP contribution in [0.2, 0.25) is 5.02 Å². The third kappa shape index (κ3) is 6.65. The molecular weight excluding hydrogens is 442 g/mol. The fourth-order valence-electron chi connectivity index (χ4n) is 3.31. The van der Waals surface area contributed by atoms with E-state index in [2.05, 4.69) is 10.6 Å². The van der Waals surface area contributed by atoms with E-state index in [0.717, 1.165) is 5.56 Å². The van der Waals surface area contributed by atoms with Crippen LogP contribution in [0.25, 0.3) is 0 Å². The van der Waals surface area contributed by atoms with Crippen molar-refractivity contribution in [3.05, 3.63) is 107 Å². The summed E-state index contributed by atoms with van der Waals surface area (Å²) in [7, 11) is 0. The molecule has 0 saturated heterocycles. The van der Waals surface area contributed by atoms with Crippen LogP contribution < -0.4 is 16.4 Å². The number of halogens is 1. The topological polar surface area (TPSA) is 122 Å². The second kappa shape index (κ2) is 11.3. The number of carbonyl (C=O) groups is 3. The molecule has 170 valence electrons. The molecule has 8 heteroatoms. The normalized spacial score (nSPS) is 13.4. The third-order valence-electron chi connectivity index (χ3n) is 5.08. The van der Waals surface area contributed by atoms with Crippen LogP contribution >= 0.6 is 11.6 Å². The molecule has 0 aromatic heterocycles. The highest BCUT2D eigenvalue weighted by atomic mass is 35.5. The first-order valence-corrected chi connectivity index (χ1v) is 10.7. The summed E-state index contributed by atoms with van der Waals surface area (Å²) < 4.78 is 0. The maximum atomic E-state index is 12.9. The first-order chi connectivity index (χ1) is 15.8. The van der Waals surface area contributed by atoms with Gasteiger partial charge in [-0.3, -0.25) is 14.4 Å². The maximum absolute atomic E-state index is 12.9. The summed E-state index contributed by atoms with van der Waals surface area (Å²) in [6.45, 7) is 0. The number of benzene rings is 3. The lowest BCUT2D eigenvalue weighted by Crippen LogP contribution is -2.52. The monoisotopic (exact) mass is 465 g/mol. The van der Waals surface area contributed by atoms with Crippen molar-refractivity contribution in [3.63, 3.8) is 0 Å². The zero-order valence-electron chi connectivity index (χ0n) is 17.6. The SMILES string of the molecule is NC(=O)[C@@H](Cc1ccc(Cl)cc1)NC(=O)[C@H](O)[C@@H](NC(=O)c1ccccc1)c1ccccc1. The minimum Gasteiger partial charge on any atom is -0.381 e. The van der Waals surface area contributed by atoms with Crippen LogP contribution in [0, 0.1) is 0 Å². The van der Waals surface area contributed by atoms with Gasteiger partial charge in [-0.1, -0.05) is 72.3 Å². The van der Waals surface area contributed by atoms with Crippen molar-refractivity contribution in [2.24, 2.45) is 5.73 Å². The fraction of sp³-hybridized carbons (Fsp3) is 0.160. The van der Waals surface area contributed by atoms with Crippen molar-refractivity contribution in [1.29, 1.82) is 0 Å². The summed E-state index contributed by atoms with van der Waals surface area (Å²) in [5.41, 5.74) is 7.11. The molecular formula is C25H24ClN3O4. The molecule has 33 heavy (non-hydrogen) atoms. The van der Waals surface area contributed by atoms with E-state index < -0.39 is 35.9 Å². The Morgan fingerprint density at radius 1 is 0.848 bits per heavy atom. The van der Waals surface area contributed by atoms with Gasteiger partial charge < -0.3 is 21.5 Å². The van der Waals surface area contributed by atoms with Crippen LogP contribution in [0.5, 0.6) is 0 Å². The quantitative estimate of drug-likeness (QED) is 0.387. The van der Waals surface area contributed by atoms with Crippen LogP contribution in [0.1, 0.15) is 27.5 Å². The van der Waals surface area contributed by atoms with Gasteiger partial charge >= 0.3 is 0 Å². The van der Waals surface area contributed by atoms with Gasteiger partial charge in [-0.05, 0) is 35.4 Å². The Balaban J connectivity index is 1.78. The first kappa shape index (κ1) is 24.0. The fourth-order valence-corrected chi connectivity index (χ4v) is 3.43. The average molecular weight is 466 g/mol. The summed E-state index contributed by atoms with van der Waals surface area (Å²) in [4.78, 5) is 37.6. The van der Waals surface area contributed by atoms with Crippen molar-refractivity contribution in [3.8, 4) is 0 Å². The van der Waals surface area contributed by atoms with Gasteiger partial charge in [0.15, 0.2) is 6.10 Å². The van der Waals surface area contributed by atoms with Crippen LogP contribution in [0.4, 0.5) is 0 Å². The number of nitrogens with two attached hydrogens (primary N) is 1. The number of aliphatic hydroxyl groups is 1. The third-order valence-corrected chi connectivity index (χ3v) is 5.33. The van der Waals surface area contributed by atoms with Gasteiger partial charge in [0.25, 0.3) is 11.8 Å². The predicted molar refractivity (Wildman–Crippen MR) is 125 cm³/mol. The highest BCUT2D eigenvalue weighted by Crippen LogP contribution is 2.19. The molecule has 5 N–H and O–H groups in total. The van der Waals surface area contributed by atoms with Crippen molar-refractivity contribution in [2.75, 3.05) is 0 Å². The Morgan fingerprint density at radius 3 is 2.00 bits per heavy atom. The Bertz CT molecular complexity index is 1090. The number of carbonyl (C=O) groups excluding carboxylic acids is 3. The lowest BCUT2D eigenvalue weighted by molar-refractivity contribution is -0.134. The van der Waals surface area contributed by atoms with Gasteiger partial charge in [0.05, 0.1) is 6.04 Å². The standard InChI is InChI=1S/C25H24ClN3O4/c26-19-13-11-16(12-14-19)15-20(23(27)31)28-25(33)22(30)21(17-7-3-1-4-8-17)29-24(32)18-9-5-2-6-10-18/h1-14,20-22,30H,15H2,(H2,27,31)(H,28,33)(H,29,32)/t20-,21+,22-/m1/s1. The van der Waals surface area contributed by atoms with Gasteiger partial charge in [0.2, 0.25) is 5.91 Å². The highest BCUT2D eigenvalue weighted by molar-refractivity contribution is 6.30. The molecule has 3 amide bonds. The summed E-state index contributed by atoms with van der Waals surface area (Å²) in [5.74, 6) is -2.05. The molecule has 0 radical (unpaired) electrons. The zero-order valence-corrected chi connectivity index (χ0v) is 18.4. The molecule has 3 aromatic rings. The Labute approximate surface area is 196 Å². The predicted octanol–water partition coefficient (Wildman–Crippen LogP) is 2.38. The molecule has 0 saturated carbocycles.